The minimum absolute atomic E-state index is 0.0221. The Morgan fingerprint density at radius 2 is 1.58 bits per heavy atom. The van der Waals surface area contributed by atoms with Crippen LogP contribution >= 0.6 is 23.2 Å². The number of carbonyl (C=O) groups excluding carboxylic acids is 1. The number of benzene rings is 3. The van der Waals surface area contributed by atoms with E-state index < -0.39 is 0 Å². The lowest BCUT2D eigenvalue weighted by atomic mass is 10.1. The van der Waals surface area contributed by atoms with Crippen LogP contribution in [0.3, 0.4) is 0 Å². The maximum Gasteiger partial charge on any atom is 0.263 e. The second kappa shape index (κ2) is 8.66. The zero-order valence-corrected chi connectivity index (χ0v) is 18.7. The van der Waals surface area contributed by atoms with Crippen molar-refractivity contribution in [2.75, 3.05) is 4.90 Å². The van der Waals surface area contributed by atoms with Gasteiger partial charge < -0.3 is 9.52 Å². The van der Waals surface area contributed by atoms with Gasteiger partial charge in [0.25, 0.3) is 5.91 Å². The number of anilines is 1. The Bertz CT molecular complexity index is 1420. The van der Waals surface area contributed by atoms with Crippen LogP contribution in [0.15, 0.2) is 101 Å². The summed E-state index contributed by atoms with van der Waals surface area (Å²) in [6.07, 6.45) is 3.48. The maximum atomic E-state index is 13.4. The van der Waals surface area contributed by atoms with Crippen LogP contribution in [0.1, 0.15) is 11.3 Å². The van der Waals surface area contributed by atoms with E-state index in [2.05, 4.69) is 0 Å². The average molecular weight is 474 g/mol. The summed E-state index contributed by atoms with van der Waals surface area (Å²) in [7, 11) is 0. The fraction of sp³-hybridized carbons (Fsp3) is 0. The Balaban J connectivity index is 1.55. The molecule has 4 nitrogen and oxygen atoms in total. The molecular formula is C27H17Cl2NO3. The molecule has 162 valence electrons. The molecule has 0 atom stereocenters. The van der Waals surface area contributed by atoms with Crippen LogP contribution < -0.4 is 4.90 Å². The van der Waals surface area contributed by atoms with E-state index in [9.17, 15) is 9.90 Å². The molecule has 1 N–H and O–H groups in total. The number of rotatable bonds is 4. The van der Waals surface area contributed by atoms with Crippen LogP contribution in [-0.4, -0.2) is 11.0 Å². The van der Waals surface area contributed by atoms with Crippen LogP contribution in [0.4, 0.5) is 5.69 Å². The van der Waals surface area contributed by atoms with Gasteiger partial charge in [0.15, 0.2) is 0 Å². The van der Waals surface area contributed by atoms with Gasteiger partial charge in [-0.1, -0.05) is 65.7 Å². The molecule has 1 aromatic heterocycles. The molecule has 0 saturated carbocycles. The predicted molar refractivity (Wildman–Crippen MR) is 132 cm³/mol. The van der Waals surface area contributed by atoms with Crippen molar-refractivity contribution < 1.29 is 14.3 Å². The fourth-order valence-corrected chi connectivity index (χ4v) is 4.02. The van der Waals surface area contributed by atoms with Gasteiger partial charge >= 0.3 is 0 Å². The number of aromatic hydroxyl groups is 1. The highest BCUT2D eigenvalue weighted by Gasteiger charge is 2.32. The Morgan fingerprint density at radius 1 is 0.818 bits per heavy atom. The number of para-hydroxylation sites is 2. The summed E-state index contributed by atoms with van der Waals surface area (Å²) in [4.78, 5) is 14.9. The summed E-state index contributed by atoms with van der Waals surface area (Å²) >= 11 is 12.1. The number of hydrogen-bond donors (Lipinski definition) is 1. The maximum absolute atomic E-state index is 13.4. The van der Waals surface area contributed by atoms with Crippen LogP contribution in [0.2, 0.25) is 10.0 Å². The molecule has 0 aliphatic carbocycles. The highest BCUT2D eigenvalue weighted by Crippen LogP contribution is 2.39. The van der Waals surface area contributed by atoms with Crippen molar-refractivity contribution in [1.29, 1.82) is 0 Å². The van der Waals surface area contributed by atoms with Crippen LogP contribution in [0.25, 0.3) is 23.1 Å². The first-order chi connectivity index (χ1) is 16.0. The molecule has 3 aromatic carbocycles. The van der Waals surface area contributed by atoms with Gasteiger partial charge in [0, 0.05) is 11.1 Å². The van der Waals surface area contributed by atoms with Crippen molar-refractivity contribution in [3.63, 3.8) is 0 Å². The first kappa shape index (κ1) is 21.1. The summed E-state index contributed by atoms with van der Waals surface area (Å²) in [6.45, 7) is 0. The summed E-state index contributed by atoms with van der Waals surface area (Å²) in [6, 6.07) is 25.2. The number of carbonyl (C=O) groups is 1. The molecule has 0 fully saturated rings. The predicted octanol–water partition coefficient (Wildman–Crippen LogP) is 7.43. The van der Waals surface area contributed by atoms with E-state index in [4.69, 9.17) is 27.6 Å². The molecule has 5 rings (SSSR count). The molecule has 2 heterocycles. The number of furan rings is 1. The summed E-state index contributed by atoms with van der Waals surface area (Å²) in [5.41, 5.74) is 3.16. The van der Waals surface area contributed by atoms with Gasteiger partial charge in [-0.3, -0.25) is 9.69 Å². The van der Waals surface area contributed by atoms with Crippen molar-refractivity contribution >= 4 is 46.6 Å². The second-order valence-electron chi connectivity index (χ2n) is 7.46. The number of phenolic OH excluding ortho intramolecular Hbond substituents is 1. The van der Waals surface area contributed by atoms with Gasteiger partial charge in [-0.05, 0) is 60.2 Å². The largest absolute Gasteiger partial charge is 0.506 e. The lowest BCUT2D eigenvalue weighted by molar-refractivity contribution is -0.113. The van der Waals surface area contributed by atoms with Gasteiger partial charge in [-0.2, -0.15) is 0 Å². The molecule has 4 aromatic rings. The van der Waals surface area contributed by atoms with Gasteiger partial charge in [-0.15, -0.1) is 0 Å². The van der Waals surface area contributed by atoms with E-state index >= 15 is 0 Å². The number of phenols is 1. The summed E-state index contributed by atoms with van der Waals surface area (Å²) in [5, 5.41) is 11.3. The molecule has 0 saturated heterocycles. The second-order valence-corrected chi connectivity index (χ2v) is 8.27. The number of hydrogen-bond acceptors (Lipinski definition) is 3. The molecule has 6 heteroatoms. The fourth-order valence-electron chi connectivity index (χ4n) is 3.72. The third kappa shape index (κ3) is 4.07. The van der Waals surface area contributed by atoms with Crippen molar-refractivity contribution in [2.24, 2.45) is 0 Å². The Labute approximate surface area is 200 Å². The van der Waals surface area contributed by atoms with Gasteiger partial charge in [0.2, 0.25) is 0 Å². The van der Waals surface area contributed by atoms with Crippen LogP contribution in [-0.2, 0) is 4.79 Å². The van der Waals surface area contributed by atoms with Crippen molar-refractivity contribution in [1.82, 2.24) is 0 Å². The Kier molecular flexibility index (Phi) is 5.55. The number of nitrogens with zero attached hydrogens (tertiary/aromatic N) is 1. The third-order valence-corrected chi connectivity index (χ3v) is 6.04. The smallest absolute Gasteiger partial charge is 0.263 e. The monoisotopic (exact) mass is 473 g/mol. The molecule has 1 amide bonds. The van der Waals surface area contributed by atoms with E-state index in [-0.39, 0.29) is 11.7 Å². The first-order valence-electron chi connectivity index (χ1n) is 10.2. The minimum atomic E-state index is -0.261. The first-order valence-corrected chi connectivity index (χ1v) is 10.9. The van der Waals surface area contributed by atoms with Crippen LogP contribution in [0, 0.1) is 0 Å². The van der Waals surface area contributed by atoms with Gasteiger partial charge in [0.1, 0.15) is 17.3 Å². The molecule has 0 spiro atoms. The summed E-state index contributed by atoms with van der Waals surface area (Å²) in [5.74, 6) is 0.884. The summed E-state index contributed by atoms with van der Waals surface area (Å²) < 4.78 is 5.95. The molecule has 33 heavy (non-hydrogen) atoms. The standard InChI is InChI=1S/C27H17Cl2NO3/c28-21-12-10-18(15-22(21)29)26-13-11-20(33-26)14-19-16-24(17-6-2-1-3-7-17)30(27(19)32)23-8-4-5-9-25(23)31/h1-16,31H/b19-14-. The van der Waals surface area contributed by atoms with Crippen molar-refractivity contribution in [3.8, 4) is 17.1 Å². The number of halogens is 2. The number of amides is 1. The molecule has 1 aliphatic rings. The van der Waals surface area contributed by atoms with E-state index in [0.717, 1.165) is 11.1 Å². The van der Waals surface area contributed by atoms with E-state index in [1.165, 1.54) is 4.90 Å². The van der Waals surface area contributed by atoms with Crippen molar-refractivity contribution in [2.45, 2.75) is 0 Å². The third-order valence-electron chi connectivity index (χ3n) is 5.30. The quantitative estimate of drug-likeness (QED) is 0.313. The van der Waals surface area contributed by atoms with E-state index in [1.807, 2.05) is 42.5 Å². The zero-order valence-electron chi connectivity index (χ0n) is 17.2. The normalized spacial score (nSPS) is 14.7. The molecular weight excluding hydrogens is 457 g/mol. The molecule has 0 unspecified atom stereocenters. The molecule has 1 aliphatic heterocycles. The Morgan fingerprint density at radius 3 is 2.33 bits per heavy atom. The lowest BCUT2D eigenvalue weighted by Gasteiger charge is -2.21. The minimum Gasteiger partial charge on any atom is -0.506 e. The van der Waals surface area contributed by atoms with E-state index in [0.29, 0.717) is 38.5 Å². The topological polar surface area (TPSA) is 53.7 Å². The zero-order chi connectivity index (χ0) is 22.9. The average Bonchev–Trinajstić information content (AvgIpc) is 3.42. The van der Waals surface area contributed by atoms with Gasteiger partial charge in [-0.25, -0.2) is 0 Å². The molecule has 0 radical (unpaired) electrons. The molecule has 0 bridgehead atoms. The van der Waals surface area contributed by atoms with Crippen molar-refractivity contribution in [3.05, 3.63) is 118 Å². The highest BCUT2D eigenvalue weighted by atomic mass is 35.5. The van der Waals surface area contributed by atoms with Gasteiger partial charge in [0.05, 0.1) is 21.4 Å². The SMILES string of the molecule is O=C1/C(=C\c2ccc(-c3ccc(Cl)c(Cl)c3)o2)C=C(c2ccccc2)N1c1ccccc1O. The van der Waals surface area contributed by atoms with E-state index in [1.54, 1.807) is 54.6 Å². The highest BCUT2D eigenvalue weighted by molar-refractivity contribution is 6.42. The Hall–Kier alpha value is -3.73. The lowest BCUT2D eigenvalue weighted by Crippen LogP contribution is -2.25. The van der Waals surface area contributed by atoms with Crippen LogP contribution in [0.5, 0.6) is 5.75 Å².